The predicted octanol–water partition coefficient (Wildman–Crippen LogP) is 6.28. The molecule has 0 radical (unpaired) electrons. The molecule has 1 aliphatic heterocycles. The van der Waals surface area contributed by atoms with Crippen molar-refractivity contribution in [3.63, 3.8) is 0 Å². The molecule has 240 valence electrons. The van der Waals surface area contributed by atoms with Crippen molar-refractivity contribution in [1.29, 1.82) is 0 Å². The number of ether oxygens (including phenoxy) is 2. The van der Waals surface area contributed by atoms with Crippen molar-refractivity contribution in [2.75, 3.05) is 19.5 Å². The summed E-state index contributed by atoms with van der Waals surface area (Å²) >= 11 is 2.77. The zero-order valence-electron chi connectivity index (χ0n) is 25.6. The Morgan fingerprint density at radius 2 is 1.83 bits per heavy atom. The average molecular weight is 671 g/mol. The number of aromatic nitrogens is 3. The highest BCUT2D eigenvalue weighted by molar-refractivity contribution is 7.99. The monoisotopic (exact) mass is 670 g/mol. The van der Waals surface area contributed by atoms with Gasteiger partial charge < -0.3 is 14.8 Å². The first-order valence-corrected chi connectivity index (χ1v) is 16.7. The molecular weight excluding hydrogens is 640 g/mol. The number of carbonyl (C=O) groups is 2. The maximum Gasteiger partial charge on any atom is 0.253 e. The Labute approximate surface area is 279 Å². The van der Waals surface area contributed by atoms with E-state index in [1.54, 1.807) is 59.4 Å². The number of amides is 2. The molecule has 0 unspecified atom stereocenters. The van der Waals surface area contributed by atoms with Gasteiger partial charge in [-0.25, -0.2) is 9.40 Å². The van der Waals surface area contributed by atoms with Crippen molar-refractivity contribution in [2.24, 2.45) is 5.10 Å². The lowest BCUT2D eigenvalue weighted by molar-refractivity contribution is -0.130. The van der Waals surface area contributed by atoms with E-state index in [0.29, 0.717) is 41.1 Å². The Morgan fingerprint density at radius 3 is 2.55 bits per heavy atom. The highest BCUT2D eigenvalue weighted by Crippen LogP contribution is 2.35. The third kappa shape index (κ3) is 7.36. The van der Waals surface area contributed by atoms with Gasteiger partial charge >= 0.3 is 0 Å². The van der Waals surface area contributed by atoms with Gasteiger partial charge in [0, 0.05) is 17.7 Å². The molecule has 0 spiro atoms. The number of halogens is 1. The number of carbonyl (C=O) groups excluding carboxylic acids is 2. The van der Waals surface area contributed by atoms with Crippen molar-refractivity contribution in [1.82, 2.24) is 25.1 Å². The summed E-state index contributed by atoms with van der Waals surface area (Å²) in [6.07, 6.45) is 0.516. The molecule has 1 atom stereocenters. The van der Waals surface area contributed by atoms with Crippen LogP contribution in [-0.2, 0) is 11.3 Å². The highest BCUT2D eigenvalue weighted by atomic mass is 32.2. The van der Waals surface area contributed by atoms with Crippen LogP contribution in [0.1, 0.15) is 46.0 Å². The highest BCUT2D eigenvalue weighted by Gasteiger charge is 2.33. The summed E-state index contributed by atoms with van der Waals surface area (Å²) in [5.74, 6) is 0.906. The number of thiophene rings is 1. The summed E-state index contributed by atoms with van der Waals surface area (Å²) in [4.78, 5) is 27.7. The summed E-state index contributed by atoms with van der Waals surface area (Å²) in [7, 11) is 1.54. The van der Waals surface area contributed by atoms with Crippen LogP contribution >= 0.6 is 23.1 Å². The number of hydrogen-bond donors (Lipinski definition) is 1. The average Bonchev–Trinajstić information content (AvgIpc) is 3.88. The second kappa shape index (κ2) is 14.6. The van der Waals surface area contributed by atoms with E-state index in [0.717, 1.165) is 21.8 Å². The third-order valence-electron chi connectivity index (χ3n) is 7.40. The quantitative estimate of drug-likeness (QED) is 0.156. The second-order valence-corrected chi connectivity index (χ2v) is 12.3. The van der Waals surface area contributed by atoms with Crippen LogP contribution in [0.25, 0.3) is 5.69 Å². The molecule has 1 aliphatic rings. The van der Waals surface area contributed by atoms with Gasteiger partial charge in [0.25, 0.3) is 11.8 Å². The molecule has 0 saturated carbocycles. The molecule has 2 amide bonds. The second-order valence-electron chi connectivity index (χ2n) is 10.4. The van der Waals surface area contributed by atoms with E-state index in [9.17, 15) is 14.0 Å². The molecule has 0 fully saturated rings. The number of rotatable bonds is 12. The molecule has 5 aromatic rings. The Morgan fingerprint density at radius 1 is 1.02 bits per heavy atom. The largest absolute Gasteiger partial charge is 0.497 e. The molecule has 0 bridgehead atoms. The number of hydrazone groups is 1. The number of nitrogens with one attached hydrogen (secondary N) is 1. The van der Waals surface area contributed by atoms with Crippen LogP contribution in [0.2, 0.25) is 0 Å². The normalized spacial score (nSPS) is 14.1. The van der Waals surface area contributed by atoms with E-state index in [1.165, 1.54) is 28.9 Å². The van der Waals surface area contributed by atoms with Gasteiger partial charge in [-0.05, 0) is 78.5 Å². The summed E-state index contributed by atoms with van der Waals surface area (Å²) in [5, 5.41) is 20.3. The van der Waals surface area contributed by atoms with Crippen LogP contribution in [0.3, 0.4) is 0 Å². The molecule has 47 heavy (non-hydrogen) atoms. The van der Waals surface area contributed by atoms with Gasteiger partial charge in [0.15, 0.2) is 11.0 Å². The summed E-state index contributed by atoms with van der Waals surface area (Å²) < 4.78 is 26.4. The molecule has 10 nitrogen and oxygen atoms in total. The van der Waals surface area contributed by atoms with E-state index in [2.05, 4.69) is 15.5 Å². The van der Waals surface area contributed by atoms with Crippen molar-refractivity contribution in [2.45, 2.75) is 31.1 Å². The number of nitrogens with zero attached hydrogens (tertiary/aromatic N) is 5. The van der Waals surface area contributed by atoms with E-state index in [4.69, 9.17) is 14.6 Å². The van der Waals surface area contributed by atoms with E-state index in [-0.39, 0.29) is 36.0 Å². The first kappa shape index (κ1) is 32.0. The first-order valence-electron chi connectivity index (χ1n) is 14.8. The minimum atomic E-state index is -0.368. The van der Waals surface area contributed by atoms with Crippen LogP contribution in [0.4, 0.5) is 4.39 Å². The lowest BCUT2D eigenvalue weighted by Gasteiger charge is -2.22. The minimum absolute atomic E-state index is 0.0181. The SMILES string of the molecule is CCOc1ccc(-n2c(CNC(=O)c3cccc(OC)c3)nnc2SCC(=O)N2N=C(c3cccs3)C[C@@H]2c2ccc(F)cc2)cc1. The van der Waals surface area contributed by atoms with Gasteiger partial charge in [-0.15, -0.1) is 21.5 Å². The van der Waals surface area contributed by atoms with Crippen molar-refractivity contribution in [3.8, 4) is 17.2 Å². The van der Waals surface area contributed by atoms with Crippen LogP contribution in [0, 0.1) is 5.82 Å². The topological polar surface area (TPSA) is 111 Å². The molecule has 0 saturated heterocycles. The first-order chi connectivity index (χ1) is 22.9. The van der Waals surface area contributed by atoms with Crippen molar-refractivity contribution < 1.29 is 23.5 Å². The molecule has 13 heteroatoms. The van der Waals surface area contributed by atoms with Gasteiger partial charge in [-0.2, -0.15) is 5.10 Å². The zero-order chi connectivity index (χ0) is 32.8. The maximum atomic E-state index is 13.8. The van der Waals surface area contributed by atoms with E-state index >= 15 is 0 Å². The van der Waals surface area contributed by atoms with Crippen molar-refractivity contribution >= 4 is 40.6 Å². The van der Waals surface area contributed by atoms with Gasteiger partial charge in [0.2, 0.25) is 0 Å². The molecule has 1 N–H and O–H groups in total. The van der Waals surface area contributed by atoms with Crippen molar-refractivity contribution in [3.05, 3.63) is 118 Å². The number of benzene rings is 3. The third-order valence-corrected chi connectivity index (χ3v) is 9.23. The fourth-order valence-electron chi connectivity index (χ4n) is 5.12. The summed E-state index contributed by atoms with van der Waals surface area (Å²) in [6.45, 7) is 2.53. The molecule has 6 rings (SSSR count). The van der Waals surface area contributed by atoms with Crippen LogP contribution in [0.5, 0.6) is 11.5 Å². The fourth-order valence-corrected chi connectivity index (χ4v) is 6.66. The Balaban J connectivity index is 1.24. The summed E-state index contributed by atoms with van der Waals surface area (Å²) in [5.41, 5.74) is 2.79. The Kier molecular flexibility index (Phi) is 9.93. The standard InChI is InChI=1S/C34H31FN6O4S2/c1-3-45-26-15-13-25(14-16-26)40-31(20-36-33(43)23-6-4-7-27(18-23)44-2)37-38-34(40)47-21-32(42)41-29(22-9-11-24(35)12-10-22)19-28(39-41)30-8-5-17-46-30/h4-18,29H,3,19-21H2,1-2H3,(H,36,43)/t29-/m1/s1. The summed E-state index contributed by atoms with van der Waals surface area (Å²) in [6, 6.07) is 24.0. The maximum absolute atomic E-state index is 13.8. The lowest BCUT2D eigenvalue weighted by atomic mass is 10.0. The van der Waals surface area contributed by atoms with Crippen LogP contribution in [-0.4, -0.2) is 56.8 Å². The Bertz CT molecular complexity index is 1880. The lowest BCUT2D eigenvalue weighted by Crippen LogP contribution is -2.28. The fraction of sp³-hybridized carbons (Fsp3) is 0.206. The molecular formula is C34H31FN6O4S2. The van der Waals surface area contributed by atoms with Crippen LogP contribution < -0.4 is 14.8 Å². The van der Waals surface area contributed by atoms with Gasteiger partial charge in [-0.3, -0.25) is 14.2 Å². The predicted molar refractivity (Wildman–Crippen MR) is 179 cm³/mol. The number of hydrogen-bond acceptors (Lipinski definition) is 9. The number of thioether (sulfide) groups is 1. The van der Waals surface area contributed by atoms with E-state index in [1.807, 2.05) is 48.7 Å². The molecule has 3 aromatic carbocycles. The number of methoxy groups -OCH3 is 1. The molecule has 2 aromatic heterocycles. The molecule has 0 aliphatic carbocycles. The molecule has 3 heterocycles. The minimum Gasteiger partial charge on any atom is -0.497 e. The van der Waals surface area contributed by atoms with E-state index < -0.39 is 0 Å². The van der Waals surface area contributed by atoms with Gasteiger partial charge in [0.05, 0.1) is 42.6 Å². The van der Waals surface area contributed by atoms with Gasteiger partial charge in [-0.1, -0.05) is 36.0 Å². The smallest absolute Gasteiger partial charge is 0.253 e. The zero-order valence-corrected chi connectivity index (χ0v) is 27.3. The Hall–Kier alpha value is -5.01. The van der Waals surface area contributed by atoms with Crippen LogP contribution in [0.15, 0.2) is 101 Å². The van der Waals surface area contributed by atoms with Gasteiger partial charge in [0.1, 0.15) is 17.3 Å².